The van der Waals surface area contributed by atoms with Crippen LogP contribution in [0, 0.1) is 11.3 Å². The maximum atomic E-state index is 9.89. The molecule has 0 aromatic heterocycles. The van der Waals surface area contributed by atoms with Gasteiger partial charge in [-0.3, -0.25) is 0 Å². The number of nitriles is 1. The van der Waals surface area contributed by atoms with Gasteiger partial charge in [-0.15, -0.1) is 0 Å². The molecular formula is C27H22NO2P. The molecule has 4 heteroatoms. The van der Waals surface area contributed by atoms with Gasteiger partial charge in [-0.1, -0.05) is 78.9 Å². The third-order valence-electron chi connectivity index (χ3n) is 5.11. The van der Waals surface area contributed by atoms with E-state index in [-0.39, 0.29) is 0 Å². The van der Waals surface area contributed by atoms with Crippen molar-refractivity contribution in [2.75, 3.05) is 14.2 Å². The molecule has 4 rings (SSSR count). The van der Waals surface area contributed by atoms with Crippen molar-refractivity contribution in [2.24, 2.45) is 0 Å². The maximum Gasteiger partial charge on any atom is 0.128 e. The average molecular weight is 423 g/mol. The Balaban J connectivity index is 2.08. The van der Waals surface area contributed by atoms with Gasteiger partial charge in [-0.25, -0.2) is 0 Å². The van der Waals surface area contributed by atoms with Crippen molar-refractivity contribution in [3.63, 3.8) is 0 Å². The van der Waals surface area contributed by atoms with Crippen molar-refractivity contribution in [1.29, 1.82) is 5.26 Å². The zero-order valence-electron chi connectivity index (χ0n) is 17.4. The summed E-state index contributed by atoms with van der Waals surface area (Å²) in [4.78, 5) is 0. The fourth-order valence-corrected chi connectivity index (χ4v) is 6.24. The van der Waals surface area contributed by atoms with Crippen molar-refractivity contribution in [3.8, 4) is 28.7 Å². The summed E-state index contributed by atoms with van der Waals surface area (Å²) in [7, 11) is 2.40. The Morgan fingerprint density at radius 2 is 1.13 bits per heavy atom. The predicted molar refractivity (Wildman–Crippen MR) is 128 cm³/mol. The van der Waals surface area contributed by atoms with Gasteiger partial charge in [0, 0.05) is 11.1 Å². The summed E-state index contributed by atoms with van der Waals surface area (Å²) in [5, 5.41) is 13.5. The largest absolute Gasteiger partial charge is 0.496 e. The van der Waals surface area contributed by atoms with E-state index in [1.54, 1.807) is 14.2 Å². The number of rotatable bonds is 6. The standard InChI is InChI=1S/C27H22NO2P/c1-29-23-16-9-11-20(19-28)26(23)27-24(30-2)17-10-18-25(27)31(21-12-5-3-6-13-21)22-14-7-4-8-15-22/h3-18H,1-2H3. The van der Waals surface area contributed by atoms with Crippen molar-refractivity contribution < 1.29 is 9.47 Å². The first-order chi connectivity index (χ1) is 15.3. The van der Waals surface area contributed by atoms with E-state index in [1.165, 1.54) is 10.6 Å². The summed E-state index contributed by atoms with van der Waals surface area (Å²) >= 11 is 0. The summed E-state index contributed by atoms with van der Waals surface area (Å²) in [5.74, 6) is 1.37. The summed E-state index contributed by atoms with van der Waals surface area (Å²) in [5.41, 5.74) is 2.22. The molecule has 0 fully saturated rings. The van der Waals surface area contributed by atoms with Crippen molar-refractivity contribution >= 4 is 23.8 Å². The molecule has 0 aliphatic heterocycles. The van der Waals surface area contributed by atoms with Gasteiger partial charge < -0.3 is 9.47 Å². The summed E-state index contributed by atoms with van der Waals surface area (Å²) < 4.78 is 11.5. The van der Waals surface area contributed by atoms with Gasteiger partial charge in [0.15, 0.2) is 0 Å². The Labute approximate surface area is 184 Å². The van der Waals surface area contributed by atoms with Crippen LogP contribution < -0.4 is 25.4 Å². The van der Waals surface area contributed by atoms with Gasteiger partial charge in [0.05, 0.1) is 25.9 Å². The van der Waals surface area contributed by atoms with Gasteiger partial charge in [0.1, 0.15) is 11.5 Å². The SMILES string of the molecule is COc1cccc(C#N)c1-c1c(OC)cccc1P(c1ccccc1)c1ccccc1. The van der Waals surface area contributed by atoms with E-state index in [0.29, 0.717) is 11.3 Å². The quantitative estimate of drug-likeness (QED) is 0.410. The second-order valence-corrected chi connectivity index (χ2v) is 9.04. The highest BCUT2D eigenvalue weighted by Crippen LogP contribution is 2.44. The second kappa shape index (κ2) is 9.47. The zero-order valence-corrected chi connectivity index (χ0v) is 18.3. The minimum Gasteiger partial charge on any atom is -0.496 e. The van der Waals surface area contributed by atoms with Crippen LogP contribution in [0.2, 0.25) is 0 Å². The molecule has 0 amide bonds. The van der Waals surface area contributed by atoms with Crippen LogP contribution in [-0.2, 0) is 0 Å². The van der Waals surface area contributed by atoms with Crippen LogP contribution in [0.4, 0.5) is 0 Å². The molecule has 0 bridgehead atoms. The normalized spacial score (nSPS) is 10.5. The first-order valence-corrected chi connectivity index (χ1v) is 11.3. The van der Waals surface area contributed by atoms with Crippen LogP contribution >= 0.6 is 7.92 Å². The molecular weight excluding hydrogens is 401 g/mol. The molecule has 0 saturated carbocycles. The van der Waals surface area contributed by atoms with Crippen molar-refractivity contribution in [3.05, 3.63) is 103 Å². The number of hydrogen-bond donors (Lipinski definition) is 0. The van der Waals surface area contributed by atoms with E-state index in [9.17, 15) is 5.26 Å². The second-order valence-electron chi connectivity index (χ2n) is 6.86. The molecule has 31 heavy (non-hydrogen) atoms. The monoisotopic (exact) mass is 423 g/mol. The molecule has 0 aliphatic rings. The highest BCUT2D eigenvalue weighted by Gasteiger charge is 2.26. The highest BCUT2D eigenvalue weighted by atomic mass is 31.1. The van der Waals surface area contributed by atoms with Gasteiger partial charge in [-0.2, -0.15) is 5.26 Å². The lowest BCUT2D eigenvalue weighted by atomic mass is 9.98. The Morgan fingerprint density at radius 3 is 1.65 bits per heavy atom. The molecule has 0 aliphatic carbocycles. The first-order valence-electron chi connectivity index (χ1n) is 9.93. The molecule has 0 unspecified atom stereocenters. The summed E-state index contributed by atoms with van der Waals surface area (Å²) in [6, 6.07) is 35.0. The number of nitrogens with zero attached hydrogens (tertiary/aromatic N) is 1. The van der Waals surface area contributed by atoms with E-state index >= 15 is 0 Å². The molecule has 152 valence electrons. The van der Waals surface area contributed by atoms with Gasteiger partial charge in [-0.05, 0) is 42.0 Å². The molecule has 4 aromatic rings. The average Bonchev–Trinajstić information content (AvgIpc) is 2.85. The van der Waals surface area contributed by atoms with Crippen LogP contribution in [-0.4, -0.2) is 14.2 Å². The van der Waals surface area contributed by atoms with Crippen LogP contribution in [0.3, 0.4) is 0 Å². The lowest BCUT2D eigenvalue weighted by Crippen LogP contribution is -2.22. The fraction of sp³-hybridized carbons (Fsp3) is 0.0741. The van der Waals surface area contributed by atoms with Gasteiger partial charge >= 0.3 is 0 Å². The van der Waals surface area contributed by atoms with Crippen molar-refractivity contribution in [1.82, 2.24) is 0 Å². The fourth-order valence-electron chi connectivity index (χ4n) is 3.76. The molecule has 0 atom stereocenters. The Hall–Kier alpha value is -3.60. The Kier molecular flexibility index (Phi) is 6.32. The van der Waals surface area contributed by atoms with Crippen LogP contribution in [0.25, 0.3) is 11.1 Å². The molecule has 0 spiro atoms. The third kappa shape index (κ3) is 4.04. The van der Waals surface area contributed by atoms with Crippen LogP contribution in [0.5, 0.6) is 11.5 Å². The highest BCUT2D eigenvalue weighted by molar-refractivity contribution is 7.80. The molecule has 0 saturated heterocycles. The van der Waals surface area contributed by atoms with E-state index in [4.69, 9.17) is 9.47 Å². The molecule has 0 N–H and O–H groups in total. The predicted octanol–water partition coefficient (Wildman–Crippen LogP) is 5.00. The summed E-state index contributed by atoms with van der Waals surface area (Å²) in [6.07, 6.45) is 0. The van der Waals surface area contributed by atoms with E-state index in [1.807, 2.05) is 42.5 Å². The van der Waals surface area contributed by atoms with E-state index < -0.39 is 7.92 Å². The van der Waals surface area contributed by atoms with E-state index in [0.717, 1.165) is 22.2 Å². The molecule has 0 heterocycles. The lowest BCUT2D eigenvalue weighted by Gasteiger charge is -2.25. The van der Waals surface area contributed by atoms with Crippen LogP contribution in [0.1, 0.15) is 5.56 Å². The number of benzene rings is 4. The third-order valence-corrected chi connectivity index (χ3v) is 7.59. The van der Waals surface area contributed by atoms with Crippen molar-refractivity contribution in [2.45, 2.75) is 0 Å². The van der Waals surface area contributed by atoms with Gasteiger partial charge in [0.25, 0.3) is 0 Å². The minimum absolute atomic E-state index is 0.557. The Bertz CT molecular complexity index is 1180. The molecule has 0 radical (unpaired) electrons. The smallest absolute Gasteiger partial charge is 0.128 e. The van der Waals surface area contributed by atoms with Gasteiger partial charge in [0.2, 0.25) is 0 Å². The maximum absolute atomic E-state index is 9.89. The zero-order chi connectivity index (χ0) is 21.6. The first kappa shape index (κ1) is 20.7. The minimum atomic E-state index is -0.892. The molecule has 3 nitrogen and oxygen atoms in total. The number of methoxy groups -OCH3 is 2. The lowest BCUT2D eigenvalue weighted by molar-refractivity contribution is 0.410. The molecule has 4 aromatic carbocycles. The topological polar surface area (TPSA) is 42.2 Å². The number of hydrogen-bond acceptors (Lipinski definition) is 3. The summed E-state index contributed by atoms with van der Waals surface area (Å²) in [6.45, 7) is 0. The van der Waals surface area contributed by atoms with E-state index in [2.05, 4.69) is 60.7 Å². The number of ether oxygens (including phenoxy) is 2. The van der Waals surface area contributed by atoms with Crippen LogP contribution in [0.15, 0.2) is 97.1 Å². The Morgan fingerprint density at radius 1 is 0.613 bits per heavy atom.